The van der Waals surface area contributed by atoms with Gasteiger partial charge in [-0.15, -0.1) is 0 Å². The number of carboxylic acids is 2. The maximum atomic E-state index is 11.7. The van der Waals surface area contributed by atoms with Gasteiger partial charge < -0.3 is 29.2 Å². The van der Waals surface area contributed by atoms with E-state index in [0.29, 0.717) is 25.0 Å². The zero-order chi connectivity index (χ0) is 24.3. The van der Waals surface area contributed by atoms with E-state index in [2.05, 4.69) is 27.7 Å². The van der Waals surface area contributed by atoms with Gasteiger partial charge in [0.1, 0.15) is 35.8 Å². The van der Waals surface area contributed by atoms with Crippen LogP contribution in [0.2, 0.25) is 0 Å². The number of aromatic carboxylic acids is 2. The lowest BCUT2D eigenvalue weighted by Gasteiger charge is -2.19. The number of hydrogen-bond donors (Lipinski definition) is 2. The Morgan fingerprint density at radius 3 is 1.41 bits per heavy atom. The summed E-state index contributed by atoms with van der Waals surface area (Å²) in [6.45, 7) is 13.5. The molecule has 0 fully saturated rings. The van der Waals surface area contributed by atoms with Gasteiger partial charge in [0, 0.05) is 19.3 Å². The predicted octanol–water partition coefficient (Wildman–Crippen LogP) is 4.74. The second kappa shape index (κ2) is 14.0. The molecule has 0 amide bonds. The fourth-order valence-electron chi connectivity index (χ4n) is 2.65. The molecule has 0 aliphatic carbocycles. The largest absolute Gasteiger partial charge is 0.490 e. The molecule has 0 spiro atoms. The Morgan fingerprint density at radius 1 is 0.719 bits per heavy atom. The number of carboxylic acid groups (broad SMARTS) is 2. The van der Waals surface area contributed by atoms with Crippen LogP contribution >= 0.6 is 0 Å². The van der Waals surface area contributed by atoms with Crippen molar-refractivity contribution in [3.63, 3.8) is 0 Å². The molecule has 0 saturated carbocycles. The highest BCUT2D eigenvalue weighted by atomic mass is 16.5. The van der Waals surface area contributed by atoms with Gasteiger partial charge in [-0.2, -0.15) is 0 Å². The van der Waals surface area contributed by atoms with Crippen LogP contribution in [0.25, 0.3) is 0 Å². The van der Waals surface area contributed by atoms with Gasteiger partial charge in [-0.3, -0.25) is 0 Å². The van der Waals surface area contributed by atoms with Crippen LogP contribution in [0, 0.1) is 11.8 Å². The van der Waals surface area contributed by atoms with Crippen LogP contribution in [0.4, 0.5) is 0 Å². The lowest BCUT2D eigenvalue weighted by atomic mass is 10.1. The average molecular weight is 455 g/mol. The summed E-state index contributed by atoms with van der Waals surface area (Å²) in [4.78, 5) is 23.3. The van der Waals surface area contributed by atoms with Crippen molar-refractivity contribution in [2.24, 2.45) is 11.8 Å². The quantitative estimate of drug-likeness (QED) is 0.368. The monoisotopic (exact) mass is 454 g/mol. The van der Waals surface area contributed by atoms with Gasteiger partial charge >= 0.3 is 11.9 Å². The van der Waals surface area contributed by atoms with E-state index in [4.69, 9.17) is 18.9 Å². The minimum Gasteiger partial charge on any atom is -0.490 e. The van der Waals surface area contributed by atoms with Crippen molar-refractivity contribution < 1.29 is 38.7 Å². The number of rotatable bonds is 16. The van der Waals surface area contributed by atoms with Gasteiger partial charge in [0.25, 0.3) is 0 Å². The van der Waals surface area contributed by atoms with Crippen LogP contribution in [-0.2, 0) is 9.47 Å². The first kappa shape index (κ1) is 27.7. The third-order valence-corrected chi connectivity index (χ3v) is 4.68. The van der Waals surface area contributed by atoms with Gasteiger partial charge in [-0.05, 0) is 44.6 Å². The number of benzene rings is 1. The molecule has 8 nitrogen and oxygen atoms in total. The van der Waals surface area contributed by atoms with Crippen molar-refractivity contribution in [1.82, 2.24) is 0 Å². The summed E-state index contributed by atoms with van der Waals surface area (Å²) in [7, 11) is 0. The van der Waals surface area contributed by atoms with Crippen molar-refractivity contribution in [3.8, 4) is 11.5 Å². The molecule has 2 unspecified atom stereocenters. The highest BCUT2D eigenvalue weighted by molar-refractivity contribution is 5.98. The summed E-state index contributed by atoms with van der Waals surface area (Å²) in [5.41, 5.74) is -0.490. The standard InChI is InChI=1S/C24H38O8/c1-15(2)7-9-29-17(5)13-31-21-12-22(20(24(27)28)11-19(21)23(25)26)32-14-18(6)30-10-8-16(3)4/h11-12,15-18H,7-10,13-14H2,1-6H3,(H,25,26)(H,27,28). The van der Waals surface area contributed by atoms with Crippen molar-refractivity contribution >= 4 is 11.9 Å². The summed E-state index contributed by atoms with van der Waals surface area (Å²) in [6.07, 6.45) is 1.31. The maximum absolute atomic E-state index is 11.7. The molecule has 1 rings (SSSR count). The molecule has 2 N–H and O–H groups in total. The van der Waals surface area contributed by atoms with E-state index in [1.807, 2.05) is 13.8 Å². The van der Waals surface area contributed by atoms with E-state index in [-0.39, 0.29) is 48.0 Å². The summed E-state index contributed by atoms with van der Waals surface area (Å²) >= 11 is 0. The number of ether oxygens (including phenoxy) is 4. The molecule has 0 aliphatic rings. The Hall–Kier alpha value is -2.32. The SMILES string of the molecule is CC(C)CCOC(C)COc1cc(OCC(C)OCCC(C)C)c(C(=O)O)cc1C(=O)O. The Bertz CT molecular complexity index is 672. The number of carbonyl (C=O) groups is 2. The molecule has 1 aromatic rings. The topological polar surface area (TPSA) is 112 Å². The fourth-order valence-corrected chi connectivity index (χ4v) is 2.65. The summed E-state index contributed by atoms with van der Waals surface area (Å²) in [6, 6.07) is 2.37. The second-order valence-corrected chi connectivity index (χ2v) is 8.80. The highest BCUT2D eigenvalue weighted by Gasteiger charge is 2.22. The molecular weight excluding hydrogens is 416 g/mol. The molecule has 8 heteroatoms. The van der Waals surface area contributed by atoms with Gasteiger partial charge in [0.2, 0.25) is 0 Å². The van der Waals surface area contributed by atoms with Crippen molar-refractivity contribution in [3.05, 3.63) is 23.3 Å². The summed E-state index contributed by atoms with van der Waals surface area (Å²) < 4.78 is 22.7. The zero-order valence-electron chi connectivity index (χ0n) is 20.1. The van der Waals surface area contributed by atoms with Crippen LogP contribution in [0.5, 0.6) is 11.5 Å². The van der Waals surface area contributed by atoms with E-state index < -0.39 is 11.9 Å². The van der Waals surface area contributed by atoms with Gasteiger partial charge in [0.05, 0.1) is 12.2 Å². The van der Waals surface area contributed by atoms with Crippen LogP contribution < -0.4 is 9.47 Å². The Kier molecular flexibility index (Phi) is 12.1. The van der Waals surface area contributed by atoms with E-state index in [0.717, 1.165) is 18.9 Å². The first-order chi connectivity index (χ1) is 15.0. The molecule has 182 valence electrons. The molecule has 2 atom stereocenters. The smallest absolute Gasteiger partial charge is 0.339 e. The van der Waals surface area contributed by atoms with Gasteiger partial charge in [0.15, 0.2) is 0 Å². The zero-order valence-corrected chi connectivity index (χ0v) is 20.1. The van der Waals surface area contributed by atoms with Crippen LogP contribution in [0.1, 0.15) is 75.1 Å². The Balaban J connectivity index is 2.90. The lowest BCUT2D eigenvalue weighted by molar-refractivity contribution is 0.0245. The van der Waals surface area contributed by atoms with Crippen LogP contribution in [-0.4, -0.2) is 60.8 Å². The lowest BCUT2D eigenvalue weighted by Crippen LogP contribution is -2.21. The molecule has 1 aromatic carbocycles. The van der Waals surface area contributed by atoms with Gasteiger partial charge in [-0.25, -0.2) is 9.59 Å². The third kappa shape index (κ3) is 10.3. The Morgan fingerprint density at radius 2 is 1.09 bits per heavy atom. The predicted molar refractivity (Wildman–Crippen MR) is 121 cm³/mol. The highest BCUT2D eigenvalue weighted by Crippen LogP contribution is 2.30. The maximum Gasteiger partial charge on any atom is 0.339 e. The van der Waals surface area contributed by atoms with Crippen molar-refractivity contribution in [1.29, 1.82) is 0 Å². The summed E-state index contributed by atoms with van der Waals surface area (Å²) in [5, 5.41) is 19.1. The molecule has 32 heavy (non-hydrogen) atoms. The first-order valence-electron chi connectivity index (χ1n) is 11.1. The molecule has 0 radical (unpaired) electrons. The second-order valence-electron chi connectivity index (χ2n) is 8.80. The van der Waals surface area contributed by atoms with E-state index in [9.17, 15) is 19.8 Å². The molecule has 0 aliphatic heterocycles. The van der Waals surface area contributed by atoms with Crippen LogP contribution in [0.15, 0.2) is 12.1 Å². The molecule has 0 aromatic heterocycles. The number of hydrogen-bond acceptors (Lipinski definition) is 6. The molecule has 0 saturated heterocycles. The molecule has 0 bridgehead atoms. The first-order valence-corrected chi connectivity index (χ1v) is 11.1. The minimum absolute atomic E-state index is 0.0326. The van der Waals surface area contributed by atoms with Crippen molar-refractivity contribution in [2.75, 3.05) is 26.4 Å². The molecule has 0 heterocycles. The normalized spacial score (nSPS) is 13.2. The van der Waals surface area contributed by atoms with Gasteiger partial charge in [-0.1, -0.05) is 27.7 Å². The Labute approximate surface area is 190 Å². The van der Waals surface area contributed by atoms with E-state index in [1.165, 1.54) is 6.07 Å². The van der Waals surface area contributed by atoms with Crippen LogP contribution in [0.3, 0.4) is 0 Å². The molecular formula is C24H38O8. The third-order valence-electron chi connectivity index (χ3n) is 4.68. The fraction of sp³-hybridized carbons (Fsp3) is 0.667. The average Bonchev–Trinajstić information content (AvgIpc) is 2.69. The summed E-state index contributed by atoms with van der Waals surface area (Å²) in [5.74, 6) is -1.47. The minimum atomic E-state index is -1.28. The van der Waals surface area contributed by atoms with Crippen molar-refractivity contribution in [2.45, 2.75) is 66.6 Å². The van der Waals surface area contributed by atoms with E-state index >= 15 is 0 Å². The van der Waals surface area contributed by atoms with E-state index in [1.54, 1.807) is 0 Å².